The number of β-amino-alcohol motifs (C(OH)–C–C–N with tert-alkyl or cyclic N) is 1. The Kier molecular flexibility index (Phi) is 22.1. The van der Waals surface area contributed by atoms with Crippen LogP contribution in [-0.4, -0.2) is 238 Å². The molecule has 6 aliphatic rings. The maximum atomic E-state index is 14.7. The van der Waals surface area contributed by atoms with Gasteiger partial charge in [0, 0.05) is 113 Å². The minimum atomic E-state index is -2.03. The van der Waals surface area contributed by atoms with Crippen LogP contribution in [0.15, 0.2) is 66.7 Å². The zero-order valence-corrected chi connectivity index (χ0v) is 51.2. The second-order valence-electron chi connectivity index (χ2n) is 25.2. The Morgan fingerprint density at radius 1 is 0.667 bits per heavy atom. The number of ether oxygens (including phenoxy) is 1. The maximum Gasteiger partial charge on any atom is 0.251 e. The Morgan fingerprint density at radius 2 is 1.24 bits per heavy atom. The number of fused-ring (bicyclic) bond motifs is 2. The number of aliphatic hydroxyl groups is 6. The highest BCUT2D eigenvalue weighted by molar-refractivity contribution is 6.00. The number of phenols is 1. The quantitative estimate of drug-likeness (QED) is 0.0749. The first kappa shape index (κ1) is 67.0. The molecule has 3 aromatic rings. The van der Waals surface area contributed by atoms with Gasteiger partial charge in [0.1, 0.15) is 42.9 Å². The number of piperidine rings is 1. The Morgan fingerprint density at radius 3 is 1.84 bits per heavy atom. The van der Waals surface area contributed by atoms with Gasteiger partial charge in [-0.3, -0.25) is 33.6 Å². The van der Waals surface area contributed by atoms with Crippen LogP contribution in [0.3, 0.4) is 0 Å². The summed E-state index contributed by atoms with van der Waals surface area (Å²) in [6, 6.07) is 8.74. The van der Waals surface area contributed by atoms with Crippen molar-refractivity contribution in [3.63, 3.8) is 0 Å². The van der Waals surface area contributed by atoms with Crippen LogP contribution in [0.2, 0.25) is 0 Å². The zero-order chi connectivity index (χ0) is 64.6. The van der Waals surface area contributed by atoms with Crippen molar-refractivity contribution in [1.82, 2.24) is 36.4 Å². The first-order valence-electron chi connectivity index (χ1n) is 31.6. The molecule has 0 aromatic heterocycles. The summed E-state index contributed by atoms with van der Waals surface area (Å²) in [5.41, 5.74) is 15.6. The van der Waals surface area contributed by atoms with E-state index in [1.54, 1.807) is 31.2 Å². The third-order valence-corrected chi connectivity index (χ3v) is 18.9. The molecule has 7 amide bonds. The van der Waals surface area contributed by atoms with E-state index in [2.05, 4.69) is 65.5 Å². The molecule has 5 saturated heterocycles. The van der Waals surface area contributed by atoms with Crippen LogP contribution < -0.4 is 57.5 Å². The van der Waals surface area contributed by atoms with E-state index in [4.69, 9.17) is 16.2 Å². The van der Waals surface area contributed by atoms with E-state index in [9.17, 15) is 69.3 Å². The highest BCUT2D eigenvalue weighted by Gasteiger charge is 2.50. The standard InChI is InChI=1S/C63H90N12O15/c1-36-34-75-54(55(36)82)60(87)66-33-43(77)31-45(67-56(83)39-6-8-40(9-7-39)72-24-26-73(27-25-72)42-12-10-41(11-13-42)71-22-18-63(19-23-71)16-3-4-17-63)57(84)68-51(37(2)76)61(88)74-35-44(78)32-46(74)58(85)69-52(59(86)70-53(62(75)89)48(80)15-20-64)49(81)29-38-5-14-47(79)50(30-38)90-28-21-65/h5-14,30,36-37,43-46,48-49,51-55,76-82H,3-4,15-29,31-35,64-65H2,1-2H3,(H,66,87)(H,67,83)(H,68,84)(H,69,85)(H,70,86)/t36-,37+,43+,44+,45?,46-,48+,49+,51-,52-,53-,54-,55-/m0/s1. The molecule has 16 N–H and O–H groups in total. The number of phenolic OH excluding ortho intramolecular Hbond substituents is 1. The molecule has 1 unspecified atom stereocenters. The lowest BCUT2D eigenvalue weighted by Gasteiger charge is -2.41. The Labute approximate surface area is 523 Å². The summed E-state index contributed by atoms with van der Waals surface area (Å²) in [6.45, 7) is 6.27. The average Bonchev–Trinajstić information content (AvgIpc) is 1.62. The molecule has 0 radical (unpaired) electrons. The van der Waals surface area contributed by atoms with Crippen molar-refractivity contribution < 1.29 is 74.0 Å². The van der Waals surface area contributed by atoms with E-state index >= 15 is 0 Å². The van der Waals surface area contributed by atoms with Crippen LogP contribution in [0, 0.1) is 11.3 Å². The van der Waals surface area contributed by atoms with Crippen LogP contribution in [-0.2, 0) is 35.2 Å². The lowest BCUT2D eigenvalue weighted by atomic mass is 9.77. The van der Waals surface area contributed by atoms with Gasteiger partial charge in [-0.25, -0.2) is 0 Å². The number of hydrogen-bond donors (Lipinski definition) is 14. The number of hydrogen-bond acceptors (Lipinski definition) is 20. The number of rotatable bonds is 15. The number of anilines is 3. The molecular weight excluding hydrogens is 1160 g/mol. The molecule has 13 atom stereocenters. The largest absolute Gasteiger partial charge is 0.504 e. The average molecular weight is 1260 g/mol. The molecule has 5 aliphatic heterocycles. The van der Waals surface area contributed by atoms with E-state index in [1.807, 2.05) is 0 Å². The molecular formula is C63H90N12O15. The second-order valence-corrected chi connectivity index (χ2v) is 25.2. The number of carbonyl (C=O) groups is 7. The number of piperazine rings is 1. The van der Waals surface area contributed by atoms with Crippen molar-refractivity contribution in [2.75, 3.05) is 93.3 Å². The van der Waals surface area contributed by atoms with Gasteiger partial charge in [0.2, 0.25) is 35.4 Å². The van der Waals surface area contributed by atoms with Gasteiger partial charge in [0.15, 0.2) is 11.5 Å². The lowest BCUT2D eigenvalue weighted by molar-refractivity contribution is -0.147. The summed E-state index contributed by atoms with van der Waals surface area (Å²) in [7, 11) is 0. The summed E-state index contributed by atoms with van der Waals surface area (Å²) in [4.78, 5) is 110. The monoisotopic (exact) mass is 1250 g/mol. The van der Waals surface area contributed by atoms with Gasteiger partial charge in [-0.2, -0.15) is 0 Å². The molecule has 1 saturated carbocycles. The van der Waals surface area contributed by atoms with Crippen LogP contribution in [0.1, 0.15) is 87.6 Å². The summed E-state index contributed by atoms with van der Waals surface area (Å²) in [6.07, 6.45) is -3.73. The number of amides is 7. The molecule has 90 heavy (non-hydrogen) atoms. The number of carbonyl (C=O) groups excluding carboxylic acids is 7. The Hall–Kier alpha value is -7.37. The summed E-state index contributed by atoms with van der Waals surface area (Å²) < 4.78 is 5.52. The van der Waals surface area contributed by atoms with E-state index in [0.29, 0.717) is 18.5 Å². The SMILES string of the molecule is C[C@@H](O)[C@@H]1NC(=O)C(NC(=O)c2ccc(N3CCN(c4ccc(N5CCC6(CCCC6)CC5)cc4)CC3)cc2)C[C@@H](O)CNC(=O)[C@@H]2[C@@H](O)[C@@H](C)CN2C(=O)[C@H]([C@H](O)CCN)NC(=O)[C@H]([C@H](O)Cc2ccc(O)c(OCCN)c2)NC(=O)[C@@H]2C[C@@H](O)CN2C1=O. The zero-order valence-electron chi connectivity index (χ0n) is 51.2. The fraction of sp³-hybridized carbons (Fsp3) is 0.603. The molecule has 3 aromatic carbocycles. The molecule has 1 spiro atoms. The van der Waals surface area contributed by atoms with Crippen molar-refractivity contribution >= 4 is 58.4 Å². The van der Waals surface area contributed by atoms with Gasteiger partial charge in [-0.1, -0.05) is 25.8 Å². The summed E-state index contributed by atoms with van der Waals surface area (Å²) in [5, 5.41) is 91.6. The van der Waals surface area contributed by atoms with Gasteiger partial charge < -0.3 is 103 Å². The minimum Gasteiger partial charge on any atom is -0.504 e. The van der Waals surface area contributed by atoms with E-state index in [1.165, 1.54) is 69.3 Å². The molecule has 5 heterocycles. The Balaban J connectivity index is 0.937. The first-order chi connectivity index (χ1) is 43.1. The van der Waals surface area contributed by atoms with Gasteiger partial charge in [-0.05, 0) is 117 Å². The third-order valence-electron chi connectivity index (χ3n) is 18.9. The van der Waals surface area contributed by atoms with Crippen molar-refractivity contribution in [1.29, 1.82) is 0 Å². The van der Waals surface area contributed by atoms with Gasteiger partial charge in [0.25, 0.3) is 5.91 Å². The molecule has 0 bridgehead atoms. The molecule has 27 heteroatoms. The third kappa shape index (κ3) is 15.7. The van der Waals surface area contributed by atoms with Crippen molar-refractivity contribution in [3.8, 4) is 11.5 Å². The van der Waals surface area contributed by atoms with E-state index < -0.39 is 152 Å². The summed E-state index contributed by atoms with van der Waals surface area (Å²) >= 11 is 0. The molecule has 492 valence electrons. The predicted molar refractivity (Wildman–Crippen MR) is 331 cm³/mol. The topological polar surface area (TPSA) is 399 Å². The minimum absolute atomic E-state index is 0.00201. The fourth-order valence-corrected chi connectivity index (χ4v) is 13.6. The van der Waals surface area contributed by atoms with Gasteiger partial charge in [0.05, 0.1) is 36.6 Å². The van der Waals surface area contributed by atoms with E-state index in [0.717, 1.165) is 47.4 Å². The molecule has 9 rings (SSSR count). The number of aromatic hydroxyl groups is 1. The van der Waals surface area contributed by atoms with Crippen molar-refractivity contribution in [3.05, 3.63) is 77.9 Å². The van der Waals surface area contributed by atoms with Crippen molar-refractivity contribution in [2.45, 2.75) is 151 Å². The van der Waals surface area contributed by atoms with Crippen LogP contribution in [0.25, 0.3) is 0 Å². The van der Waals surface area contributed by atoms with E-state index in [-0.39, 0.29) is 55.3 Å². The smallest absolute Gasteiger partial charge is 0.251 e. The molecule has 27 nitrogen and oxygen atoms in total. The Bertz CT molecular complexity index is 2990. The highest BCUT2D eigenvalue weighted by Crippen LogP contribution is 2.47. The lowest BCUT2D eigenvalue weighted by Crippen LogP contribution is -2.64. The number of benzene rings is 3. The fourth-order valence-electron chi connectivity index (χ4n) is 13.6. The summed E-state index contributed by atoms with van der Waals surface area (Å²) in [5.74, 6) is -8.44. The van der Waals surface area contributed by atoms with Crippen LogP contribution in [0.5, 0.6) is 11.5 Å². The number of nitrogens with one attached hydrogen (secondary N) is 5. The van der Waals surface area contributed by atoms with Crippen molar-refractivity contribution in [2.24, 2.45) is 22.8 Å². The van der Waals surface area contributed by atoms with Gasteiger partial charge in [-0.15, -0.1) is 0 Å². The highest BCUT2D eigenvalue weighted by atomic mass is 16.5. The predicted octanol–water partition coefficient (Wildman–Crippen LogP) is -2.49. The van der Waals surface area contributed by atoms with Crippen LogP contribution in [0.4, 0.5) is 17.1 Å². The molecule has 1 aliphatic carbocycles. The number of nitrogens with two attached hydrogens (primary N) is 2. The normalized spacial score (nSPS) is 28.4. The number of nitrogens with zero attached hydrogens (tertiary/aromatic N) is 5. The second kappa shape index (κ2) is 29.7. The van der Waals surface area contributed by atoms with Gasteiger partial charge >= 0.3 is 0 Å². The maximum absolute atomic E-state index is 14.7. The molecule has 6 fully saturated rings. The van der Waals surface area contributed by atoms with Crippen LogP contribution >= 0.6 is 0 Å². The first-order valence-corrected chi connectivity index (χ1v) is 31.6. The number of aliphatic hydroxyl groups excluding tert-OH is 6.